The molecule has 0 bridgehead atoms. The highest BCUT2D eigenvalue weighted by atomic mass is 16.4. The van der Waals surface area contributed by atoms with Crippen LogP contribution in [-0.4, -0.2) is 74.9 Å². The molecule has 72 heavy (non-hydrogen) atoms. The molecule has 0 fully saturated rings. The van der Waals surface area contributed by atoms with Crippen LogP contribution in [0.4, 0.5) is 34.1 Å². The fourth-order valence-electron chi connectivity index (χ4n) is 5.67. The molecule has 3 amide bonds. The lowest BCUT2D eigenvalue weighted by Gasteiger charge is -2.10. The minimum absolute atomic E-state index is 0.0186. The fourth-order valence-corrected chi connectivity index (χ4v) is 5.67. The Kier molecular flexibility index (Phi) is 19.1. The molecule has 0 saturated carbocycles. The highest BCUT2D eigenvalue weighted by molar-refractivity contribution is 6.09. The number of nitrogen functional groups attached to an aromatic ring is 2. The van der Waals surface area contributed by atoms with Crippen LogP contribution < -0.4 is 44.0 Å². The van der Waals surface area contributed by atoms with Crippen LogP contribution in [0.3, 0.4) is 0 Å². The summed E-state index contributed by atoms with van der Waals surface area (Å²) in [6, 6.07) is 35.8. The molecule has 2 heterocycles. The van der Waals surface area contributed by atoms with E-state index < -0.39 is 58.3 Å². The second-order valence-electron chi connectivity index (χ2n) is 14.4. The average molecular weight is 983 g/mol. The molecule has 7 aromatic rings. The van der Waals surface area contributed by atoms with Crippen molar-refractivity contribution in [2.75, 3.05) is 39.8 Å². The molecule has 22 nitrogen and oxygen atoms in total. The molecule has 0 aliphatic rings. The Morgan fingerprint density at radius 2 is 0.778 bits per heavy atom. The van der Waals surface area contributed by atoms with Gasteiger partial charge in [0.2, 0.25) is 5.76 Å². The van der Waals surface area contributed by atoms with Crippen LogP contribution in [0, 0.1) is 0 Å². The molecular weight excluding hydrogens is 941 g/mol. The van der Waals surface area contributed by atoms with Gasteiger partial charge in [0, 0.05) is 76.1 Å². The zero-order valence-electron chi connectivity index (χ0n) is 37.7. The van der Waals surface area contributed by atoms with Crippen molar-refractivity contribution in [1.29, 1.82) is 0 Å². The summed E-state index contributed by atoms with van der Waals surface area (Å²) in [5.74, 6) is -8.09. The van der Waals surface area contributed by atoms with E-state index in [9.17, 15) is 47.9 Å². The Bertz CT molecular complexity index is 3230. The van der Waals surface area contributed by atoms with Gasteiger partial charge in [0.15, 0.2) is 11.5 Å². The van der Waals surface area contributed by atoms with E-state index in [1.165, 1.54) is 43.3 Å². The Labute approximate surface area is 406 Å². The van der Waals surface area contributed by atoms with Gasteiger partial charge in [0.05, 0.1) is 16.7 Å². The molecule has 7 rings (SSSR count). The lowest BCUT2D eigenvalue weighted by atomic mass is 10.1. The van der Waals surface area contributed by atoms with Gasteiger partial charge in [-0.3, -0.25) is 19.2 Å². The van der Waals surface area contributed by atoms with Crippen molar-refractivity contribution < 1.29 is 67.6 Å². The molecule has 0 atom stereocenters. The number of Topliss-reactive ketones (excluding diaryl/α,β-unsaturated/α-hetero) is 1. The minimum Gasteiger partial charge on any atom is -0.478 e. The number of nitrogens with one attached hydrogen (secondary N) is 4. The van der Waals surface area contributed by atoms with Gasteiger partial charge in [0.25, 0.3) is 17.7 Å². The Morgan fingerprint density at radius 1 is 0.403 bits per heavy atom. The number of carboxylic acid groups (broad SMARTS) is 4. The molecule has 0 radical (unpaired) electrons. The molecule has 2 aromatic heterocycles. The fraction of sp³-hybridized carbons (Fsp3) is 0.0400. The second kappa shape index (κ2) is 25.5. The molecule has 0 saturated heterocycles. The normalized spacial score (nSPS) is 9.86. The predicted octanol–water partition coefficient (Wildman–Crippen LogP) is 6.61. The van der Waals surface area contributed by atoms with Gasteiger partial charge in [-0.05, 0) is 104 Å². The summed E-state index contributed by atoms with van der Waals surface area (Å²) < 4.78 is 9.12. The number of rotatable bonds is 12. The van der Waals surface area contributed by atoms with Crippen LogP contribution >= 0.6 is 0 Å². The first kappa shape index (κ1) is 54.0. The average Bonchev–Trinajstić information content (AvgIpc) is 3.34. The molecule has 368 valence electrons. The van der Waals surface area contributed by atoms with Gasteiger partial charge in [-0.15, -0.1) is 0 Å². The number of anilines is 6. The zero-order valence-corrected chi connectivity index (χ0v) is 37.7. The van der Waals surface area contributed by atoms with Gasteiger partial charge in [-0.25, -0.2) is 28.8 Å². The molecular formula is C50H42N6O16. The third-order valence-electron chi connectivity index (χ3n) is 9.07. The lowest BCUT2D eigenvalue weighted by Crippen LogP contribution is -2.17. The summed E-state index contributed by atoms with van der Waals surface area (Å²) in [7, 11) is 1.78. The summed E-state index contributed by atoms with van der Waals surface area (Å²) in [6.45, 7) is 1.27. The SMILES string of the molecule is CNc1cccc(NC(=O)c2cccc(C(=O)Nc3cccc(NC(=O)c4cc(C(C)=O)cc(=O)o4)c3)c2)c1.Nc1cccc(N)c1.O=C(O)c1cc(C(=O)O)oc(=O)c1.O=C(O)c1cccc(C(=O)O)c1. The van der Waals surface area contributed by atoms with E-state index in [2.05, 4.69) is 25.7 Å². The standard InChI is InChI=1S/C29H24N4O6.C8H6O4.C7H4O6.C6H8N2/c1-17(34)20-13-25(39-26(35)14-20)29(38)33-24-11-5-10-23(16-24)32-28(37)19-7-3-6-18(12-19)27(36)31-22-9-4-8-21(15-22)30-2;9-7(10)5-2-1-3-6(4-5)8(11)12;8-5-2-3(6(9)10)1-4(13-5)7(11)12;7-5-2-1-3-6(8)4-5/h3-16,30H,1-2H3,(H,31,36)(H,32,37)(H,33,38);1-4H,(H,9,10)(H,11,12);1-2H,(H,9,10)(H,11,12);1-4H,7-8H2. The van der Waals surface area contributed by atoms with Crippen LogP contribution in [0.15, 0.2) is 164 Å². The van der Waals surface area contributed by atoms with E-state index in [1.807, 2.05) is 12.1 Å². The second-order valence-corrected chi connectivity index (χ2v) is 14.4. The van der Waals surface area contributed by atoms with E-state index in [0.717, 1.165) is 23.9 Å². The highest BCUT2D eigenvalue weighted by Crippen LogP contribution is 2.20. The van der Waals surface area contributed by atoms with E-state index in [0.29, 0.717) is 40.1 Å². The van der Waals surface area contributed by atoms with Crippen molar-refractivity contribution in [2.45, 2.75) is 6.92 Å². The van der Waals surface area contributed by atoms with Crippen LogP contribution in [0.1, 0.15) is 90.2 Å². The molecule has 0 aliphatic carbocycles. The summed E-state index contributed by atoms with van der Waals surface area (Å²) in [5.41, 5.74) is 12.6. The van der Waals surface area contributed by atoms with Crippen molar-refractivity contribution in [3.63, 3.8) is 0 Å². The molecule has 12 N–H and O–H groups in total. The van der Waals surface area contributed by atoms with E-state index in [4.69, 9.17) is 36.3 Å². The van der Waals surface area contributed by atoms with Gasteiger partial charge >= 0.3 is 35.1 Å². The molecule has 0 unspecified atom stereocenters. The molecule has 0 spiro atoms. The highest BCUT2D eigenvalue weighted by Gasteiger charge is 2.16. The smallest absolute Gasteiger partial charge is 0.371 e. The summed E-state index contributed by atoms with van der Waals surface area (Å²) >= 11 is 0. The van der Waals surface area contributed by atoms with Crippen LogP contribution in [0.5, 0.6) is 0 Å². The van der Waals surface area contributed by atoms with Gasteiger partial charge in [0.1, 0.15) is 0 Å². The Hall–Kier alpha value is -10.6. The number of ketones is 1. The Morgan fingerprint density at radius 3 is 1.21 bits per heavy atom. The maximum Gasteiger partial charge on any atom is 0.371 e. The van der Waals surface area contributed by atoms with E-state index in [1.54, 1.807) is 79.8 Å². The maximum atomic E-state index is 12.9. The van der Waals surface area contributed by atoms with Crippen molar-refractivity contribution >= 4 is 81.5 Å². The number of aromatic carboxylic acids is 4. The number of carbonyl (C=O) groups excluding carboxylic acids is 4. The minimum atomic E-state index is -1.49. The van der Waals surface area contributed by atoms with Crippen molar-refractivity contribution in [1.82, 2.24) is 0 Å². The Balaban J connectivity index is 0.000000273. The third-order valence-corrected chi connectivity index (χ3v) is 9.07. The third kappa shape index (κ3) is 16.9. The van der Waals surface area contributed by atoms with Gasteiger partial charge in [-0.1, -0.05) is 30.3 Å². The largest absolute Gasteiger partial charge is 0.478 e. The topological polar surface area (TPSA) is 378 Å². The summed E-state index contributed by atoms with van der Waals surface area (Å²) in [5, 5.41) is 44.9. The maximum absolute atomic E-state index is 12.9. The molecule has 0 aliphatic heterocycles. The number of carboxylic acids is 4. The first-order valence-corrected chi connectivity index (χ1v) is 20.5. The van der Waals surface area contributed by atoms with Crippen molar-refractivity contribution in [2.24, 2.45) is 0 Å². The first-order chi connectivity index (χ1) is 34.1. The number of nitrogens with two attached hydrogens (primary N) is 2. The quantitative estimate of drug-likeness (QED) is 0.0454. The van der Waals surface area contributed by atoms with E-state index in [-0.39, 0.29) is 39.7 Å². The van der Waals surface area contributed by atoms with Crippen LogP contribution in [0.25, 0.3) is 0 Å². The van der Waals surface area contributed by atoms with Gasteiger partial charge < -0.3 is 62.0 Å². The first-order valence-electron chi connectivity index (χ1n) is 20.5. The van der Waals surface area contributed by atoms with Crippen molar-refractivity contribution in [3.05, 3.63) is 211 Å². The monoisotopic (exact) mass is 982 g/mol. The lowest BCUT2D eigenvalue weighted by molar-refractivity contribution is 0.0649. The van der Waals surface area contributed by atoms with E-state index >= 15 is 0 Å². The van der Waals surface area contributed by atoms with Gasteiger partial charge in [-0.2, -0.15) is 0 Å². The number of amides is 3. The molecule has 22 heteroatoms. The van der Waals surface area contributed by atoms with Crippen LogP contribution in [0.2, 0.25) is 0 Å². The van der Waals surface area contributed by atoms with Crippen molar-refractivity contribution in [3.8, 4) is 0 Å². The number of hydrogen-bond donors (Lipinski definition) is 10. The summed E-state index contributed by atoms with van der Waals surface area (Å²) in [6.07, 6.45) is 0. The number of carbonyl (C=O) groups is 8. The number of benzene rings is 5. The zero-order chi connectivity index (χ0) is 53.1. The molecule has 5 aromatic carbocycles. The van der Waals surface area contributed by atoms with Crippen LogP contribution in [-0.2, 0) is 0 Å². The number of hydrogen-bond acceptors (Lipinski definition) is 15. The summed E-state index contributed by atoms with van der Waals surface area (Å²) in [4.78, 5) is 114. The predicted molar refractivity (Wildman–Crippen MR) is 262 cm³/mol.